The van der Waals surface area contributed by atoms with E-state index in [4.69, 9.17) is 6.57 Å². The van der Waals surface area contributed by atoms with Crippen LogP contribution >= 0.6 is 0 Å². The second-order valence-electron chi connectivity index (χ2n) is 7.58. The molecule has 1 amide bonds. The lowest BCUT2D eigenvalue weighted by atomic mass is 10.0. The molecule has 0 unspecified atom stereocenters. The van der Waals surface area contributed by atoms with E-state index in [0.29, 0.717) is 22.1 Å². The zero-order chi connectivity index (χ0) is 24.2. The van der Waals surface area contributed by atoms with Gasteiger partial charge in [-0.2, -0.15) is 5.10 Å². The highest BCUT2D eigenvalue weighted by Gasteiger charge is 2.19. The molecule has 0 spiro atoms. The average molecular weight is 458 g/mol. The van der Waals surface area contributed by atoms with Crippen molar-refractivity contribution < 1.29 is 9.90 Å². The number of aromatic nitrogens is 2. The standard InChI is InChI=1S/C27H18N6O2/c1-28-23-17-29-33(20-13-6-3-7-14-20)26(23)32-31-24-21-15-9-8-10-18(21)16-22(25(24)34)27(35)30-19-11-4-2-5-12-19/h2-17,34H,(H,30,35). The molecule has 8 nitrogen and oxygen atoms in total. The molecular weight excluding hydrogens is 440 g/mol. The van der Waals surface area contributed by atoms with Crippen LogP contribution in [0.5, 0.6) is 5.75 Å². The van der Waals surface area contributed by atoms with E-state index in [0.717, 1.165) is 0 Å². The van der Waals surface area contributed by atoms with Gasteiger partial charge in [0.05, 0.1) is 24.0 Å². The first-order valence-corrected chi connectivity index (χ1v) is 10.7. The van der Waals surface area contributed by atoms with Crippen LogP contribution in [-0.2, 0) is 0 Å². The molecule has 1 aromatic heterocycles. The largest absolute Gasteiger partial charge is 0.505 e. The average Bonchev–Trinajstić information content (AvgIpc) is 3.32. The molecule has 5 aromatic rings. The smallest absolute Gasteiger partial charge is 0.259 e. The van der Waals surface area contributed by atoms with Crippen molar-refractivity contribution in [1.82, 2.24) is 9.78 Å². The number of amides is 1. The van der Waals surface area contributed by atoms with Gasteiger partial charge >= 0.3 is 0 Å². The van der Waals surface area contributed by atoms with E-state index in [1.54, 1.807) is 36.4 Å². The molecule has 0 aliphatic carbocycles. The quantitative estimate of drug-likeness (QED) is 0.220. The number of anilines is 1. The number of benzene rings is 4. The highest BCUT2D eigenvalue weighted by atomic mass is 16.3. The molecule has 0 bridgehead atoms. The Hall–Kier alpha value is -5.29. The van der Waals surface area contributed by atoms with E-state index in [2.05, 4.69) is 25.5 Å². The van der Waals surface area contributed by atoms with Crippen LogP contribution in [0.25, 0.3) is 21.3 Å². The van der Waals surface area contributed by atoms with Crippen LogP contribution in [0.4, 0.5) is 22.9 Å². The van der Waals surface area contributed by atoms with Crippen LogP contribution in [-0.4, -0.2) is 20.8 Å². The Labute approximate surface area is 200 Å². The molecule has 8 heteroatoms. The minimum Gasteiger partial charge on any atom is -0.505 e. The van der Waals surface area contributed by atoms with E-state index in [9.17, 15) is 9.90 Å². The van der Waals surface area contributed by atoms with Gasteiger partial charge in [-0.15, -0.1) is 10.2 Å². The molecule has 1 heterocycles. The molecule has 0 fully saturated rings. The Morgan fingerprint density at radius 3 is 2.37 bits per heavy atom. The van der Waals surface area contributed by atoms with E-state index < -0.39 is 5.91 Å². The van der Waals surface area contributed by atoms with Crippen LogP contribution in [0.2, 0.25) is 0 Å². The summed E-state index contributed by atoms with van der Waals surface area (Å²) in [5, 5.41) is 28.1. The number of carbonyl (C=O) groups is 1. The minimum absolute atomic E-state index is 0.0588. The SMILES string of the molecule is [C-]#[N+]c1cnn(-c2ccccc2)c1N=Nc1c(O)c(C(=O)Nc2ccccc2)cc2ccccc12. The Balaban J connectivity index is 1.61. The van der Waals surface area contributed by atoms with Gasteiger partial charge in [0.15, 0.2) is 11.6 Å². The van der Waals surface area contributed by atoms with Gasteiger partial charge in [0.2, 0.25) is 0 Å². The second-order valence-corrected chi connectivity index (χ2v) is 7.58. The Kier molecular flexibility index (Phi) is 5.72. The van der Waals surface area contributed by atoms with E-state index in [1.165, 1.54) is 10.9 Å². The molecule has 168 valence electrons. The van der Waals surface area contributed by atoms with Gasteiger partial charge in [0.25, 0.3) is 11.6 Å². The first-order valence-electron chi connectivity index (χ1n) is 10.7. The van der Waals surface area contributed by atoms with Crippen molar-refractivity contribution in [3.05, 3.63) is 114 Å². The molecule has 0 aliphatic heterocycles. The first kappa shape index (κ1) is 21.6. The van der Waals surface area contributed by atoms with Crippen molar-refractivity contribution in [3.63, 3.8) is 0 Å². The number of hydrogen-bond acceptors (Lipinski definition) is 5. The molecule has 0 atom stereocenters. The number of aromatic hydroxyl groups is 1. The number of fused-ring (bicyclic) bond motifs is 1. The molecule has 0 saturated carbocycles. The Morgan fingerprint density at radius 2 is 1.63 bits per heavy atom. The van der Waals surface area contributed by atoms with Crippen LogP contribution in [0, 0.1) is 6.57 Å². The summed E-state index contributed by atoms with van der Waals surface area (Å²) >= 11 is 0. The molecule has 35 heavy (non-hydrogen) atoms. The molecule has 5 rings (SSSR count). The monoisotopic (exact) mass is 458 g/mol. The van der Waals surface area contributed by atoms with Crippen molar-refractivity contribution in [3.8, 4) is 11.4 Å². The summed E-state index contributed by atoms with van der Waals surface area (Å²) < 4.78 is 1.50. The lowest BCUT2D eigenvalue weighted by molar-refractivity contribution is 0.102. The summed E-state index contributed by atoms with van der Waals surface area (Å²) in [5.74, 6) is -0.572. The summed E-state index contributed by atoms with van der Waals surface area (Å²) in [4.78, 5) is 16.5. The summed E-state index contributed by atoms with van der Waals surface area (Å²) in [6, 6.07) is 27.1. The van der Waals surface area contributed by atoms with Gasteiger partial charge in [-0.1, -0.05) is 60.7 Å². The molecule has 4 aromatic carbocycles. The van der Waals surface area contributed by atoms with Crippen molar-refractivity contribution >= 4 is 39.6 Å². The topological polar surface area (TPSA) is 96.2 Å². The Morgan fingerprint density at radius 1 is 0.943 bits per heavy atom. The second kappa shape index (κ2) is 9.29. The summed E-state index contributed by atoms with van der Waals surface area (Å²) in [6.07, 6.45) is 1.41. The van der Waals surface area contributed by atoms with Crippen LogP contribution in [0.1, 0.15) is 10.4 Å². The van der Waals surface area contributed by atoms with E-state index in [-0.39, 0.29) is 28.5 Å². The van der Waals surface area contributed by atoms with Crippen LogP contribution in [0.3, 0.4) is 0 Å². The lowest BCUT2D eigenvalue weighted by Gasteiger charge is -2.11. The van der Waals surface area contributed by atoms with Crippen LogP contribution in [0.15, 0.2) is 107 Å². The van der Waals surface area contributed by atoms with Gasteiger partial charge in [-0.25, -0.2) is 9.53 Å². The summed E-state index contributed by atoms with van der Waals surface area (Å²) in [7, 11) is 0. The fourth-order valence-corrected chi connectivity index (χ4v) is 3.67. The van der Waals surface area contributed by atoms with Gasteiger partial charge in [0, 0.05) is 11.1 Å². The van der Waals surface area contributed by atoms with Gasteiger partial charge < -0.3 is 10.4 Å². The summed E-state index contributed by atoms with van der Waals surface area (Å²) in [5.41, 5.74) is 1.70. The normalized spacial score (nSPS) is 10.9. The maximum Gasteiger partial charge on any atom is 0.259 e. The molecule has 0 radical (unpaired) electrons. The zero-order valence-corrected chi connectivity index (χ0v) is 18.3. The van der Waals surface area contributed by atoms with Crippen LogP contribution < -0.4 is 5.32 Å². The number of nitrogens with zero attached hydrogens (tertiary/aromatic N) is 5. The maximum absolute atomic E-state index is 13.0. The molecule has 0 saturated heterocycles. The maximum atomic E-state index is 13.0. The number of hydrogen-bond donors (Lipinski definition) is 2. The minimum atomic E-state index is -0.480. The summed E-state index contributed by atoms with van der Waals surface area (Å²) in [6.45, 7) is 7.48. The van der Waals surface area contributed by atoms with Crippen molar-refractivity contribution in [2.75, 3.05) is 5.32 Å². The van der Waals surface area contributed by atoms with Gasteiger partial charge in [-0.05, 0) is 35.7 Å². The highest BCUT2D eigenvalue weighted by Crippen LogP contribution is 2.40. The van der Waals surface area contributed by atoms with E-state index in [1.807, 2.05) is 54.6 Å². The highest BCUT2D eigenvalue weighted by molar-refractivity contribution is 6.11. The predicted molar refractivity (Wildman–Crippen MR) is 134 cm³/mol. The first-order chi connectivity index (χ1) is 17.2. The van der Waals surface area contributed by atoms with Gasteiger partial charge in [0.1, 0.15) is 5.69 Å². The molecule has 2 N–H and O–H groups in total. The fourth-order valence-electron chi connectivity index (χ4n) is 3.67. The van der Waals surface area contributed by atoms with E-state index >= 15 is 0 Å². The number of phenols is 1. The third kappa shape index (κ3) is 4.21. The van der Waals surface area contributed by atoms with Gasteiger partial charge in [-0.3, -0.25) is 4.79 Å². The van der Waals surface area contributed by atoms with Crippen molar-refractivity contribution in [2.45, 2.75) is 0 Å². The third-order valence-corrected chi connectivity index (χ3v) is 5.36. The Bertz CT molecular complexity index is 1600. The fraction of sp³-hybridized carbons (Fsp3) is 0. The van der Waals surface area contributed by atoms with Crippen molar-refractivity contribution in [2.24, 2.45) is 10.2 Å². The molecular formula is C27H18N6O2. The number of nitrogens with one attached hydrogen (secondary N) is 1. The zero-order valence-electron chi connectivity index (χ0n) is 18.3. The number of phenolic OH excluding ortho intramolecular Hbond substituents is 1. The lowest BCUT2D eigenvalue weighted by Crippen LogP contribution is -2.12. The number of azo groups is 1. The number of carbonyl (C=O) groups excluding carboxylic acids is 1. The third-order valence-electron chi connectivity index (χ3n) is 5.36. The van der Waals surface area contributed by atoms with Crippen molar-refractivity contribution in [1.29, 1.82) is 0 Å². The number of rotatable bonds is 5. The predicted octanol–water partition coefficient (Wildman–Crippen LogP) is 6.95. The number of para-hydroxylation sites is 2. The molecule has 0 aliphatic rings.